The lowest BCUT2D eigenvalue weighted by Gasteiger charge is -2.47. The quantitative estimate of drug-likeness (QED) is 0.427. The SMILES string of the molecule is CO[C@H]1[C@H](C(C)(C)OCC=C(C)C)[C@]2(CC[C@H]1OC(C)=O)CO2. The van der Waals surface area contributed by atoms with E-state index in [1.165, 1.54) is 12.5 Å². The molecule has 4 atom stereocenters. The Morgan fingerprint density at radius 1 is 1.35 bits per heavy atom. The summed E-state index contributed by atoms with van der Waals surface area (Å²) in [5, 5.41) is 0. The number of rotatable bonds is 6. The van der Waals surface area contributed by atoms with E-state index in [9.17, 15) is 4.79 Å². The fourth-order valence-electron chi connectivity index (χ4n) is 3.81. The van der Waals surface area contributed by atoms with Gasteiger partial charge in [-0.2, -0.15) is 0 Å². The van der Waals surface area contributed by atoms with Crippen LogP contribution in [0.4, 0.5) is 0 Å². The molecule has 132 valence electrons. The van der Waals surface area contributed by atoms with Gasteiger partial charge >= 0.3 is 5.97 Å². The van der Waals surface area contributed by atoms with Gasteiger partial charge < -0.3 is 18.9 Å². The Morgan fingerprint density at radius 2 is 2.00 bits per heavy atom. The number of ether oxygens (including phenoxy) is 4. The van der Waals surface area contributed by atoms with Crippen LogP contribution in [0.2, 0.25) is 0 Å². The zero-order chi connectivity index (χ0) is 17.3. The molecule has 23 heavy (non-hydrogen) atoms. The van der Waals surface area contributed by atoms with Crippen molar-refractivity contribution in [2.45, 2.75) is 70.9 Å². The van der Waals surface area contributed by atoms with Gasteiger partial charge in [-0.1, -0.05) is 11.6 Å². The van der Waals surface area contributed by atoms with E-state index in [0.717, 1.165) is 19.4 Å². The van der Waals surface area contributed by atoms with E-state index in [2.05, 4.69) is 33.8 Å². The molecule has 1 aliphatic carbocycles. The number of carbonyl (C=O) groups is 1. The maximum Gasteiger partial charge on any atom is 0.302 e. The summed E-state index contributed by atoms with van der Waals surface area (Å²) in [4.78, 5) is 11.4. The van der Waals surface area contributed by atoms with Crippen LogP contribution >= 0.6 is 0 Å². The van der Waals surface area contributed by atoms with Gasteiger partial charge in [-0.25, -0.2) is 0 Å². The predicted molar refractivity (Wildman–Crippen MR) is 87.2 cm³/mol. The minimum Gasteiger partial charge on any atom is -0.460 e. The summed E-state index contributed by atoms with van der Waals surface area (Å²) >= 11 is 0. The second kappa shape index (κ2) is 6.91. The van der Waals surface area contributed by atoms with E-state index >= 15 is 0 Å². The van der Waals surface area contributed by atoms with Crippen molar-refractivity contribution in [1.82, 2.24) is 0 Å². The Hall–Kier alpha value is -0.910. The van der Waals surface area contributed by atoms with E-state index in [1.807, 2.05) is 0 Å². The van der Waals surface area contributed by atoms with Crippen molar-refractivity contribution >= 4 is 5.97 Å². The van der Waals surface area contributed by atoms with Crippen LogP contribution in [0.25, 0.3) is 0 Å². The standard InChI is InChI=1S/C18H30O5/c1-12(2)8-10-21-17(4,5)16-15(20-6)14(23-13(3)19)7-9-18(16)11-22-18/h8,14-16H,7,9-11H2,1-6H3/t14-,15-,16-,18+/m1/s1. The van der Waals surface area contributed by atoms with Crippen LogP contribution in [-0.2, 0) is 23.7 Å². The van der Waals surface area contributed by atoms with Crippen LogP contribution < -0.4 is 0 Å². The third-order valence-corrected chi connectivity index (χ3v) is 4.91. The van der Waals surface area contributed by atoms with Crippen molar-refractivity contribution in [3.63, 3.8) is 0 Å². The smallest absolute Gasteiger partial charge is 0.302 e. The van der Waals surface area contributed by atoms with Gasteiger partial charge in [0, 0.05) is 20.0 Å². The number of hydrogen-bond donors (Lipinski definition) is 0. The second-order valence-electron chi connectivity index (χ2n) is 7.41. The molecule has 0 bridgehead atoms. The first-order valence-corrected chi connectivity index (χ1v) is 8.33. The van der Waals surface area contributed by atoms with Gasteiger partial charge in [-0.3, -0.25) is 4.79 Å². The largest absolute Gasteiger partial charge is 0.460 e. The van der Waals surface area contributed by atoms with Crippen LogP contribution in [0.5, 0.6) is 0 Å². The fraction of sp³-hybridized carbons (Fsp3) is 0.833. The number of esters is 1. The van der Waals surface area contributed by atoms with Crippen LogP contribution in [0.1, 0.15) is 47.5 Å². The maximum absolute atomic E-state index is 11.4. The van der Waals surface area contributed by atoms with E-state index in [-0.39, 0.29) is 29.7 Å². The molecule has 0 unspecified atom stereocenters. The molecule has 0 radical (unpaired) electrons. The molecule has 5 heteroatoms. The maximum atomic E-state index is 11.4. The average Bonchev–Trinajstić information content (AvgIpc) is 3.19. The summed E-state index contributed by atoms with van der Waals surface area (Å²) in [5.74, 6) is -0.254. The molecule has 1 aliphatic heterocycles. The highest BCUT2D eigenvalue weighted by Gasteiger charge is 2.64. The van der Waals surface area contributed by atoms with Crippen molar-refractivity contribution in [3.8, 4) is 0 Å². The molecule has 0 aromatic rings. The van der Waals surface area contributed by atoms with Crippen molar-refractivity contribution in [2.24, 2.45) is 5.92 Å². The molecule has 1 spiro atoms. The molecule has 0 aromatic carbocycles. The number of hydrogen-bond acceptors (Lipinski definition) is 5. The van der Waals surface area contributed by atoms with Gasteiger partial charge in [0.05, 0.1) is 24.4 Å². The Bertz CT molecular complexity index is 460. The van der Waals surface area contributed by atoms with Crippen molar-refractivity contribution < 1.29 is 23.7 Å². The van der Waals surface area contributed by atoms with Crippen LogP contribution in [0.3, 0.4) is 0 Å². The average molecular weight is 326 g/mol. The first kappa shape index (κ1) is 18.4. The molecular weight excluding hydrogens is 296 g/mol. The minimum absolute atomic E-state index is 0.0173. The number of epoxide rings is 1. The molecule has 0 N–H and O–H groups in total. The molecule has 1 saturated carbocycles. The lowest BCUT2D eigenvalue weighted by Crippen LogP contribution is -2.58. The summed E-state index contributed by atoms with van der Waals surface area (Å²) < 4.78 is 23.2. The van der Waals surface area contributed by atoms with Crippen molar-refractivity contribution in [3.05, 3.63) is 11.6 Å². The van der Waals surface area contributed by atoms with Gasteiger partial charge in [0.25, 0.3) is 0 Å². The molecule has 1 heterocycles. The molecule has 2 fully saturated rings. The number of carbonyl (C=O) groups excluding carboxylic acids is 1. The van der Waals surface area contributed by atoms with E-state index < -0.39 is 5.60 Å². The summed E-state index contributed by atoms with van der Waals surface area (Å²) in [7, 11) is 1.67. The summed E-state index contributed by atoms with van der Waals surface area (Å²) in [6, 6.07) is 0. The molecule has 5 nitrogen and oxygen atoms in total. The predicted octanol–water partition coefficient (Wildman–Crippen LogP) is 2.87. The van der Waals surface area contributed by atoms with Crippen LogP contribution in [0, 0.1) is 5.92 Å². The second-order valence-corrected chi connectivity index (χ2v) is 7.41. The van der Waals surface area contributed by atoms with Gasteiger partial charge in [-0.15, -0.1) is 0 Å². The summed E-state index contributed by atoms with van der Waals surface area (Å²) in [6.45, 7) is 11.0. The van der Waals surface area contributed by atoms with Crippen LogP contribution in [-0.4, -0.2) is 49.7 Å². The lowest BCUT2D eigenvalue weighted by atomic mass is 9.68. The first-order chi connectivity index (χ1) is 10.7. The Balaban J connectivity index is 2.19. The van der Waals surface area contributed by atoms with E-state index in [4.69, 9.17) is 18.9 Å². The third kappa shape index (κ3) is 4.14. The lowest BCUT2D eigenvalue weighted by molar-refractivity contribution is -0.190. The fourth-order valence-corrected chi connectivity index (χ4v) is 3.81. The van der Waals surface area contributed by atoms with Crippen molar-refractivity contribution in [2.75, 3.05) is 20.3 Å². The van der Waals surface area contributed by atoms with Gasteiger partial charge in [-0.05, 0) is 40.5 Å². The topological polar surface area (TPSA) is 57.3 Å². The van der Waals surface area contributed by atoms with Gasteiger partial charge in [0.15, 0.2) is 0 Å². The zero-order valence-electron chi connectivity index (χ0n) is 15.2. The minimum atomic E-state index is -0.443. The first-order valence-electron chi connectivity index (χ1n) is 8.33. The normalized spacial score (nSPS) is 33.4. The Labute approximate surface area is 139 Å². The summed E-state index contributed by atoms with van der Waals surface area (Å²) in [6.07, 6.45) is 3.22. The highest BCUT2D eigenvalue weighted by Crippen LogP contribution is 2.52. The van der Waals surface area contributed by atoms with Gasteiger partial charge in [0.1, 0.15) is 12.2 Å². The summed E-state index contributed by atoms with van der Waals surface area (Å²) in [5.41, 5.74) is 0.580. The third-order valence-electron chi connectivity index (χ3n) is 4.91. The molecule has 2 rings (SSSR count). The molecule has 0 aromatic heterocycles. The molecular formula is C18H30O5. The highest BCUT2D eigenvalue weighted by molar-refractivity contribution is 5.66. The number of allylic oxidation sites excluding steroid dienone is 1. The Kier molecular flexibility index (Phi) is 5.54. The molecule has 0 amide bonds. The monoisotopic (exact) mass is 326 g/mol. The Morgan fingerprint density at radius 3 is 2.48 bits per heavy atom. The van der Waals surface area contributed by atoms with E-state index in [1.54, 1.807) is 7.11 Å². The van der Waals surface area contributed by atoms with Gasteiger partial charge in [0.2, 0.25) is 0 Å². The molecule has 2 aliphatic rings. The van der Waals surface area contributed by atoms with Crippen LogP contribution in [0.15, 0.2) is 11.6 Å². The zero-order valence-corrected chi connectivity index (χ0v) is 15.2. The van der Waals surface area contributed by atoms with Crippen molar-refractivity contribution in [1.29, 1.82) is 0 Å². The molecule has 1 saturated heterocycles. The van der Waals surface area contributed by atoms with E-state index in [0.29, 0.717) is 6.61 Å². The number of methoxy groups -OCH3 is 1. The highest BCUT2D eigenvalue weighted by atomic mass is 16.6.